The molecule has 2 aromatic carbocycles. The van der Waals surface area contributed by atoms with Crippen LogP contribution in [0.15, 0.2) is 69.5 Å². The van der Waals surface area contributed by atoms with Gasteiger partial charge in [-0.05, 0) is 84.4 Å². The van der Waals surface area contributed by atoms with Gasteiger partial charge in [-0.2, -0.15) is 0 Å². The van der Waals surface area contributed by atoms with Gasteiger partial charge in [0.15, 0.2) is 0 Å². The van der Waals surface area contributed by atoms with E-state index in [1.54, 1.807) is 22.0 Å². The first kappa shape index (κ1) is 26.6. The summed E-state index contributed by atoms with van der Waals surface area (Å²) < 4.78 is 7.04. The number of aryl methyl sites for hydroxylation is 6. The molecule has 0 aliphatic heterocycles. The van der Waals surface area contributed by atoms with Gasteiger partial charge in [-0.15, -0.1) is 9.36 Å². The Labute approximate surface area is 222 Å². The van der Waals surface area contributed by atoms with Crippen LogP contribution >= 0.6 is 0 Å². The molecular weight excluding hydrogens is 480 g/mol. The highest BCUT2D eigenvalue weighted by Crippen LogP contribution is 2.25. The third-order valence-electron chi connectivity index (χ3n) is 6.16. The predicted molar refractivity (Wildman–Crippen MR) is 146 cm³/mol. The van der Waals surface area contributed by atoms with Crippen molar-refractivity contribution in [1.82, 2.24) is 19.6 Å². The Kier molecular flexibility index (Phi) is 8.51. The number of anilines is 2. The van der Waals surface area contributed by atoms with Crippen LogP contribution in [0.1, 0.15) is 24.0 Å². The van der Waals surface area contributed by atoms with Crippen LogP contribution in [0.25, 0.3) is 0 Å². The van der Waals surface area contributed by atoms with Gasteiger partial charge in [0.05, 0.1) is 28.2 Å². The summed E-state index contributed by atoms with van der Waals surface area (Å²) in [5.41, 5.74) is 5.99. The van der Waals surface area contributed by atoms with Gasteiger partial charge in [0, 0.05) is 34.7 Å². The molecule has 4 aromatic rings. The van der Waals surface area contributed by atoms with Gasteiger partial charge in [-0.1, -0.05) is 10.2 Å². The van der Waals surface area contributed by atoms with E-state index in [9.17, 15) is 0 Å². The number of nitrogens with one attached hydrogen (secondary N) is 2. The predicted octanol–water partition coefficient (Wildman–Crippen LogP) is 4.55. The smallest absolute Gasteiger partial charge is 0.385 e. The summed E-state index contributed by atoms with van der Waals surface area (Å²) in [6.45, 7) is 5.88. The van der Waals surface area contributed by atoms with E-state index in [-0.39, 0.29) is 0 Å². The van der Waals surface area contributed by atoms with Gasteiger partial charge in [0.25, 0.3) is 0 Å². The zero-order valence-electron chi connectivity index (χ0n) is 22.9. The summed E-state index contributed by atoms with van der Waals surface area (Å²) in [5.74, 6) is 1.37. The van der Waals surface area contributed by atoms with E-state index in [4.69, 9.17) is 0 Å². The number of azo groups is 2. The highest BCUT2D eigenvalue weighted by atomic mass is 15.4. The second-order valence-corrected chi connectivity index (χ2v) is 9.29. The number of hydrogen-bond acceptors (Lipinski definition) is 8. The molecule has 2 aromatic heterocycles. The number of nitrogens with zero attached hydrogens (tertiary/aromatic N) is 10. The minimum atomic E-state index is 0.687. The molecule has 0 atom stereocenters. The summed E-state index contributed by atoms with van der Waals surface area (Å²) in [6.07, 6.45) is 5.52. The van der Waals surface area contributed by atoms with Gasteiger partial charge in [-0.3, -0.25) is 0 Å². The van der Waals surface area contributed by atoms with Crippen molar-refractivity contribution in [3.8, 4) is 0 Å². The number of rotatable bonds is 11. The molecule has 0 aliphatic carbocycles. The molecule has 2 heterocycles. The molecule has 0 fully saturated rings. The largest absolute Gasteiger partial charge is 0.403 e. The number of unbranched alkanes of at least 4 members (excludes halogenated alkanes) is 1. The van der Waals surface area contributed by atoms with Gasteiger partial charge < -0.3 is 10.6 Å². The van der Waals surface area contributed by atoms with Gasteiger partial charge >= 0.3 is 11.9 Å². The van der Waals surface area contributed by atoms with E-state index in [0.29, 0.717) is 11.9 Å². The van der Waals surface area contributed by atoms with Gasteiger partial charge in [-0.25, -0.2) is 9.13 Å². The molecule has 198 valence electrons. The van der Waals surface area contributed by atoms with E-state index in [0.717, 1.165) is 59.8 Å². The molecule has 2 N–H and O–H groups in total. The highest BCUT2D eigenvalue weighted by molar-refractivity contribution is 5.57. The van der Waals surface area contributed by atoms with Crippen LogP contribution in [0.2, 0.25) is 0 Å². The summed E-state index contributed by atoms with van der Waals surface area (Å²) in [5, 5.41) is 32.8. The Bertz CT molecular complexity index is 1300. The standard InChI is InChI=1S/C26H34N12/c1-19-15-21(9-11-23(19)31-33-25-35(3)17-29-37(25)5)27-13-7-8-14-28-22-10-12-24(20(2)16-22)32-34-26-36(4)18-30-38(26)6/h9-12,15-18H,7-8,13-14H2,1-6H3/p+2. The van der Waals surface area contributed by atoms with Crippen LogP contribution in [0.5, 0.6) is 0 Å². The molecule has 38 heavy (non-hydrogen) atoms. The van der Waals surface area contributed by atoms with E-state index in [1.165, 1.54) is 0 Å². The minimum absolute atomic E-state index is 0.687. The van der Waals surface area contributed by atoms with Crippen molar-refractivity contribution in [2.45, 2.75) is 26.7 Å². The molecule has 4 rings (SSSR count). The highest BCUT2D eigenvalue weighted by Gasteiger charge is 2.13. The average Bonchev–Trinajstić information content (AvgIpc) is 3.39. The summed E-state index contributed by atoms with van der Waals surface area (Å²) in [4.78, 5) is 0. The molecule has 12 nitrogen and oxygen atoms in total. The maximum Gasteiger partial charge on any atom is 0.403 e. The maximum atomic E-state index is 4.39. The van der Waals surface area contributed by atoms with Crippen LogP contribution in [0.3, 0.4) is 0 Å². The van der Waals surface area contributed by atoms with Crippen molar-refractivity contribution in [3.63, 3.8) is 0 Å². The maximum absolute atomic E-state index is 4.39. The van der Waals surface area contributed by atoms with E-state index in [2.05, 4.69) is 53.4 Å². The summed E-state index contributed by atoms with van der Waals surface area (Å²) in [7, 11) is 7.48. The quantitative estimate of drug-likeness (QED) is 0.173. The summed E-state index contributed by atoms with van der Waals surface area (Å²) >= 11 is 0. The lowest BCUT2D eigenvalue weighted by molar-refractivity contribution is -0.659. The lowest BCUT2D eigenvalue weighted by atomic mass is 10.1. The van der Waals surface area contributed by atoms with Crippen LogP contribution < -0.4 is 19.8 Å². The summed E-state index contributed by atoms with van der Waals surface area (Å²) in [6, 6.07) is 12.3. The van der Waals surface area contributed by atoms with Gasteiger partial charge in [0.2, 0.25) is 12.7 Å². The Morgan fingerprint density at radius 1 is 0.684 bits per heavy atom. The fourth-order valence-electron chi connectivity index (χ4n) is 3.91. The van der Waals surface area contributed by atoms with Crippen molar-refractivity contribution >= 4 is 34.6 Å². The Hall–Kier alpha value is -4.48. The monoisotopic (exact) mass is 516 g/mol. The number of hydrogen-bond donors (Lipinski definition) is 2. The van der Waals surface area contributed by atoms with E-state index < -0.39 is 0 Å². The lowest BCUT2D eigenvalue weighted by Crippen LogP contribution is -2.25. The van der Waals surface area contributed by atoms with Crippen molar-refractivity contribution in [2.75, 3.05) is 23.7 Å². The van der Waals surface area contributed by atoms with E-state index in [1.807, 2.05) is 75.4 Å². The average molecular weight is 517 g/mol. The molecule has 0 spiro atoms. The van der Waals surface area contributed by atoms with E-state index >= 15 is 0 Å². The van der Waals surface area contributed by atoms with Crippen LogP contribution in [-0.4, -0.2) is 32.7 Å². The molecule has 0 saturated carbocycles. The molecule has 0 saturated heterocycles. The number of benzene rings is 2. The molecule has 0 amide bonds. The Balaban J connectivity index is 1.19. The molecule has 0 aliphatic rings. The molecule has 0 radical (unpaired) electrons. The first-order valence-corrected chi connectivity index (χ1v) is 12.6. The zero-order valence-corrected chi connectivity index (χ0v) is 22.9. The third kappa shape index (κ3) is 6.64. The Morgan fingerprint density at radius 2 is 1.11 bits per heavy atom. The normalized spacial score (nSPS) is 11.6. The number of aromatic nitrogens is 6. The SMILES string of the molecule is Cc1cc(NCCCCNc2ccc(/N=N/c3n(C)nc[n+]3C)c(C)c2)ccc1/N=N/c1n(C)nc[n+]1C. The second kappa shape index (κ2) is 12.2. The van der Waals surface area contributed by atoms with Crippen LogP contribution in [0, 0.1) is 13.8 Å². The second-order valence-electron chi connectivity index (χ2n) is 9.29. The van der Waals surface area contributed by atoms with Crippen LogP contribution in [0.4, 0.5) is 34.6 Å². The first-order valence-electron chi connectivity index (χ1n) is 12.6. The first-order chi connectivity index (χ1) is 18.3. The van der Waals surface area contributed by atoms with Gasteiger partial charge in [0.1, 0.15) is 11.4 Å². The Morgan fingerprint density at radius 3 is 1.45 bits per heavy atom. The molecular formula is C26H36N12+2. The zero-order chi connectivity index (χ0) is 27.1. The molecule has 0 unspecified atom stereocenters. The minimum Gasteiger partial charge on any atom is -0.385 e. The fraction of sp³-hybridized carbons (Fsp3) is 0.385. The fourth-order valence-corrected chi connectivity index (χ4v) is 3.91. The van der Waals surface area contributed by atoms with Crippen molar-refractivity contribution in [3.05, 3.63) is 60.2 Å². The van der Waals surface area contributed by atoms with Crippen molar-refractivity contribution in [2.24, 2.45) is 48.6 Å². The third-order valence-corrected chi connectivity index (χ3v) is 6.16. The molecule has 12 heteroatoms. The van der Waals surface area contributed by atoms with Crippen molar-refractivity contribution < 1.29 is 9.13 Å². The topological polar surface area (TPSA) is 117 Å². The lowest BCUT2D eigenvalue weighted by Gasteiger charge is -2.10. The van der Waals surface area contributed by atoms with Crippen LogP contribution in [-0.2, 0) is 28.2 Å². The molecule has 0 bridgehead atoms. The van der Waals surface area contributed by atoms with Crippen molar-refractivity contribution in [1.29, 1.82) is 0 Å².